The van der Waals surface area contributed by atoms with Gasteiger partial charge in [-0.15, -0.1) is 0 Å². The Morgan fingerprint density at radius 3 is 1.70 bits per heavy atom. The predicted octanol–water partition coefficient (Wildman–Crippen LogP) is 5.62. The Morgan fingerprint density at radius 2 is 1.30 bits per heavy atom. The van der Waals surface area contributed by atoms with Crippen LogP contribution >= 0.6 is 0 Å². The second-order valence-electron chi connectivity index (χ2n) is 5.16. The summed E-state index contributed by atoms with van der Waals surface area (Å²) in [5.74, 6) is -0.902. The Kier molecular flexibility index (Phi) is 12.5. The summed E-state index contributed by atoms with van der Waals surface area (Å²) in [6, 6.07) is 0. The molecule has 0 saturated carbocycles. The lowest BCUT2D eigenvalue weighted by molar-refractivity contribution is -0.136. The molecule has 0 atom stereocenters. The number of hydrogen-bond acceptors (Lipinski definition) is 2. The second-order valence-corrected chi connectivity index (χ2v) is 5.16. The molecule has 0 aromatic carbocycles. The van der Waals surface area contributed by atoms with Crippen LogP contribution in [0, 0.1) is 0 Å². The zero-order chi connectivity index (χ0) is 15.2. The minimum atomic E-state index is -1.91. The van der Waals surface area contributed by atoms with Crippen LogP contribution in [-0.2, 0) is 9.53 Å². The van der Waals surface area contributed by atoms with E-state index < -0.39 is 17.6 Å². The van der Waals surface area contributed by atoms with Crippen LogP contribution in [0.5, 0.6) is 0 Å². The Morgan fingerprint density at radius 1 is 0.850 bits per heavy atom. The van der Waals surface area contributed by atoms with E-state index in [0.717, 1.165) is 26.4 Å². The number of carbonyl (C=O) groups excluding carboxylic acids is 1. The van der Waals surface area contributed by atoms with E-state index in [0.29, 0.717) is 6.42 Å². The fourth-order valence-electron chi connectivity index (χ4n) is 2.19. The van der Waals surface area contributed by atoms with E-state index in [-0.39, 0.29) is 6.42 Å². The monoisotopic (exact) mass is 290 g/mol. The van der Waals surface area contributed by atoms with Gasteiger partial charge in [-0.3, -0.25) is 0 Å². The van der Waals surface area contributed by atoms with Crippen LogP contribution in [0.25, 0.3) is 0 Å². The van der Waals surface area contributed by atoms with Crippen LogP contribution in [0.3, 0.4) is 0 Å². The van der Waals surface area contributed by atoms with E-state index in [2.05, 4.69) is 11.7 Å². The summed E-state index contributed by atoms with van der Waals surface area (Å²) >= 11 is 0. The third kappa shape index (κ3) is 9.93. The Labute approximate surface area is 121 Å². The highest BCUT2D eigenvalue weighted by Gasteiger charge is 2.15. The molecular formula is C16H28F2O2. The minimum Gasteiger partial charge on any atom is -0.466 e. The van der Waals surface area contributed by atoms with Crippen LogP contribution in [0.15, 0.2) is 11.7 Å². The van der Waals surface area contributed by atoms with Gasteiger partial charge in [0.05, 0.1) is 7.11 Å². The molecule has 2 nitrogen and oxygen atoms in total. The van der Waals surface area contributed by atoms with E-state index in [4.69, 9.17) is 0 Å². The van der Waals surface area contributed by atoms with Crippen LogP contribution in [-0.4, -0.2) is 13.1 Å². The van der Waals surface area contributed by atoms with Gasteiger partial charge in [0.1, 0.15) is 5.57 Å². The van der Waals surface area contributed by atoms with Crippen molar-refractivity contribution in [1.82, 2.24) is 0 Å². The molecule has 0 bridgehead atoms. The fourth-order valence-corrected chi connectivity index (χ4v) is 2.19. The Hall–Kier alpha value is -0.930. The highest BCUT2D eigenvalue weighted by Crippen LogP contribution is 2.18. The standard InChI is InChI=1S/C16H28F2O2/c1-3-4-5-6-7-8-9-10-11-12-13-14(15(17)18)16(19)20-2/h3-13H2,1-2H3. The van der Waals surface area contributed by atoms with Gasteiger partial charge < -0.3 is 4.74 Å². The van der Waals surface area contributed by atoms with Crippen molar-refractivity contribution >= 4 is 5.97 Å². The highest BCUT2D eigenvalue weighted by atomic mass is 19.3. The minimum absolute atomic E-state index is 0.117. The number of hydrogen-bond donors (Lipinski definition) is 0. The number of ether oxygens (including phenoxy) is 1. The van der Waals surface area contributed by atoms with Gasteiger partial charge in [0.2, 0.25) is 0 Å². The van der Waals surface area contributed by atoms with Crippen molar-refractivity contribution in [3.05, 3.63) is 11.7 Å². The SMILES string of the molecule is CCCCCCCCCCCCC(C(=O)OC)=C(F)F. The zero-order valence-electron chi connectivity index (χ0n) is 12.9. The zero-order valence-corrected chi connectivity index (χ0v) is 12.9. The third-order valence-corrected chi connectivity index (χ3v) is 3.44. The van der Waals surface area contributed by atoms with Crippen LogP contribution in [0.1, 0.15) is 77.6 Å². The first-order valence-electron chi connectivity index (χ1n) is 7.76. The molecule has 0 heterocycles. The normalized spacial score (nSPS) is 10.4. The van der Waals surface area contributed by atoms with Crippen molar-refractivity contribution in [2.45, 2.75) is 77.6 Å². The van der Waals surface area contributed by atoms with E-state index in [1.165, 1.54) is 38.5 Å². The molecule has 0 aliphatic carbocycles. The lowest BCUT2D eigenvalue weighted by Gasteiger charge is -2.04. The maximum Gasteiger partial charge on any atom is 0.339 e. The average molecular weight is 290 g/mol. The van der Waals surface area contributed by atoms with Gasteiger partial charge in [-0.2, -0.15) is 8.78 Å². The summed E-state index contributed by atoms with van der Waals surface area (Å²) in [4.78, 5) is 11.1. The molecule has 0 unspecified atom stereocenters. The lowest BCUT2D eigenvalue weighted by Crippen LogP contribution is -2.05. The summed E-state index contributed by atoms with van der Waals surface area (Å²) in [7, 11) is 1.13. The third-order valence-electron chi connectivity index (χ3n) is 3.44. The average Bonchev–Trinajstić information content (AvgIpc) is 2.43. The van der Waals surface area contributed by atoms with Crippen molar-refractivity contribution in [3.8, 4) is 0 Å². The van der Waals surface area contributed by atoms with Gasteiger partial charge >= 0.3 is 5.97 Å². The number of unbranched alkanes of at least 4 members (excludes halogenated alkanes) is 9. The maximum absolute atomic E-state index is 12.5. The van der Waals surface area contributed by atoms with Crippen LogP contribution in [0.2, 0.25) is 0 Å². The number of methoxy groups -OCH3 is 1. The second kappa shape index (κ2) is 13.1. The molecule has 0 aromatic heterocycles. The Balaban J connectivity index is 3.52. The smallest absolute Gasteiger partial charge is 0.339 e. The summed E-state index contributed by atoms with van der Waals surface area (Å²) in [6.45, 7) is 2.21. The summed E-state index contributed by atoms with van der Waals surface area (Å²) in [5, 5.41) is 0. The Bertz CT molecular complexity index is 284. The van der Waals surface area contributed by atoms with Gasteiger partial charge in [-0.1, -0.05) is 64.7 Å². The highest BCUT2D eigenvalue weighted by molar-refractivity contribution is 5.88. The molecule has 0 saturated heterocycles. The molecule has 4 heteroatoms. The van der Waals surface area contributed by atoms with Crippen LogP contribution in [0.4, 0.5) is 8.78 Å². The first-order chi connectivity index (χ1) is 9.63. The van der Waals surface area contributed by atoms with Gasteiger partial charge in [-0.05, 0) is 12.8 Å². The molecule has 0 aliphatic heterocycles. The molecule has 0 amide bonds. The van der Waals surface area contributed by atoms with Crippen LogP contribution < -0.4 is 0 Å². The van der Waals surface area contributed by atoms with E-state index in [1.807, 2.05) is 0 Å². The van der Waals surface area contributed by atoms with Crippen molar-refractivity contribution in [1.29, 1.82) is 0 Å². The van der Waals surface area contributed by atoms with Crippen molar-refractivity contribution in [3.63, 3.8) is 0 Å². The molecule has 0 spiro atoms. The number of rotatable bonds is 12. The molecular weight excluding hydrogens is 262 g/mol. The molecule has 0 fully saturated rings. The first-order valence-corrected chi connectivity index (χ1v) is 7.76. The van der Waals surface area contributed by atoms with Crippen molar-refractivity contribution in [2.24, 2.45) is 0 Å². The first kappa shape index (κ1) is 19.1. The van der Waals surface area contributed by atoms with Crippen molar-refractivity contribution in [2.75, 3.05) is 7.11 Å². The lowest BCUT2D eigenvalue weighted by atomic mass is 10.0. The molecule has 0 aromatic rings. The summed E-state index contributed by atoms with van der Waals surface area (Å²) in [5.41, 5.74) is -0.466. The van der Waals surface area contributed by atoms with Gasteiger partial charge in [0.15, 0.2) is 0 Å². The van der Waals surface area contributed by atoms with Crippen molar-refractivity contribution < 1.29 is 18.3 Å². The van der Waals surface area contributed by atoms with E-state index in [1.54, 1.807) is 0 Å². The van der Waals surface area contributed by atoms with Gasteiger partial charge in [0, 0.05) is 0 Å². The molecule has 118 valence electrons. The quantitative estimate of drug-likeness (QED) is 0.265. The maximum atomic E-state index is 12.5. The largest absolute Gasteiger partial charge is 0.466 e. The number of halogens is 2. The molecule has 0 radical (unpaired) electrons. The molecule has 0 aliphatic rings. The van der Waals surface area contributed by atoms with E-state index in [9.17, 15) is 13.6 Å². The fraction of sp³-hybridized carbons (Fsp3) is 0.812. The van der Waals surface area contributed by atoms with Gasteiger partial charge in [-0.25, -0.2) is 4.79 Å². The molecule has 0 rings (SSSR count). The predicted molar refractivity (Wildman–Crippen MR) is 77.7 cm³/mol. The summed E-state index contributed by atoms with van der Waals surface area (Å²) < 4.78 is 29.3. The molecule has 20 heavy (non-hydrogen) atoms. The summed E-state index contributed by atoms with van der Waals surface area (Å²) in [6.07, 6.45) is 9.62. The number of carbonyl (C=O) groups is 1. The number of esters is 1. The van der Waals surface area contributed by atoms with E-state index >= 15 is 0 Å². The van der Waals surface area contributed by atoms with Gasteiger partial charge in [0.25, 0.3) is 6.08 Å². The molecule has 0 N–H and O–H groups in total. The topological polar surface area (TPSA) is 26.3 Å².